The summed E-state index contributed by atoms with van der Waals surface area (Å²) in [7, 11) is 1.99. The van der Waals surface area contributed by atoms with E-state index in [0.29, 0.717) is 0 Å². The molecule has 4 nitrogen and oxygen atoms in total. The fourth-order valence-corrected chi connectivity index (χ4v) is 2.43. The maximum absolute atomic E-state index is 8.30. The standard InChI is InChI=1S/C21H26N4/c1-4-6-12-17-13-10-11-16-19(17)23-21(22)24-20(25(3)5-2)18-14-8-7-9-15-18/h4,6-11,13-16H,5,12H2,1-3H3,(H2,22,23)/b6-4-,24-20-. The number of hydrogen-bond donors (Lipinski definition) is 2. The molecule has 0 spiro atoms. The maximum Gasteiger partial charge on any atom is 0.221 e. The van der Waals surface area contributed by atoms with Crippen molar-refractivity contribution < 1.29 is 0 Å². The van der Waals surface area contributed by atoms with E-state index in [9.17, 15) is 0 Å². The van der Waals surface area contributed by atoms with E-state index in [1.54, 1.807) is 0 Å². The molecule has 2 rings (SSSR count). The van der Waals surface area contributed by atoms with Crippen molar-refractivity contribution in [3.63, 3.8) is 0 Å². The second-order valence-corrected chi connectivity index (χ2v) is 5.72. The van der Waals surface area contributed by atoms with Crippen LogP contribution in [0.2, 0.25) is 0 Å². The van der Waals surface area contributed by atoms with Gasteiger partial charge in [-0.2, -0.15) is 4.99 Å². The Morgan fingerprint density at radius 3 is 2.48 bits per heavy atom. The minimum atomic E-state index is 0.132. The van der Waals surface area contributed by atoms with Crippen molar-refractivity contribution in [3.8, 4) is 0 Å². The summed E-state index contributed by atoms with van der Waals surface area (Å²) in [6.45, 7) is 4.90. The van der Waals surface area contributed by atoms with Crippen LogP contribution in [0.15, 0.2) is 71.7 Å². The van der Waals surface area contributed by atoms with Gasteiger partial charge in [-0.25, -0.2) is 0 Å². The molecule has 0 aliphatic rings. The number of guanidine groups is 1. The minimum absolute atomic E-state index is 0.132. The van der Waals surface area contributed by atoms with E-state index in [1.807, 2.05) is 73.5 Å². The molecule has 0 heterocycles. The second-order valence-electron chi connectivity index (χ2n) is 5.72. The summed E-state index contributed by atoms with van der Waals surface area (Å²) in [5.74, 6) is 0.915. The zero-order valence-electron chi connectivity index (χ0n) is 15.2. The molecule has 4 heteroatoms. The molecule has 25 heavy (non-hydrogen) atoms. The molecular formula is C21H26N4. The zero-order chi connectivity index (χ0) is 18.1. The molecule has 0 bridgehead atoms. The highest BCUT2D eigenvalue weighted by Gasteiger charge is 2.10. The van der Waals surface area contributed by atoms with Crippen LogP contribution < -0.4 is 5.32 Å². The quantitative estimate of drug-likeness (QED) is 0.479. The molecule has 0 amide bonds. The molecule has 0 aliphatic carbocycles. The van der Waals surface area contributed by atoms with Crippen molar-refractivity contribution in [2.45, 2.75) is 20.3 Å². The van der Waals surface area contributed by atoms with Gasteiger partial charge in [0, 0.05) is 24.8 Å². The fourth-order valence-electron chi connectivity index (χ4n) is 2.43. The number of benzene rings is 2. The Balaban J connectivity index is 2.25. The lowest BCUT2D eigenvalue weighted by Crippen LogP contribution is -2.29. The average molecular weight is 334 g/mol. The van der Waals surface area contributed by atoms with E-state index < -0.39 is 0 Å². The first-order chi connectivity index (χ1) is 12.2. The van der Waals surface area contributed by atoms with E-state index in [-0.39, 0.29) is 5.96 Å². The summed E-state index contributed by atoms with van der Waals surface area (Å²) in [5.41, 5.74) is 3.06. The van der Waals surface area contributed by atoms with Crippen LogP contribution in [0.25, 0.3) is 0 Å². The monoisotopic (exact) mass is 334 g/mol. The molecule has 0 radical (unpaired) electrons. The largest absolute Gasteiger partial charge is 0.359 e. The topological polar surface area (TPSA) is 51.5 Å². The van der Waals surface area contributed by atoms with Crippen molar-refractivity contribution in [1.29, 1.82) is 5.41 Å². The lowest BCUT2D eigenvalue weighted by molar-refractivity contribution is 0.537. The van der Waals surface area contributed by atoms with E-state index in [4.69, 9.17) is 5.41 Å². The SMILES string of the molecule is C/C=C\Cc1ccccc1NC(=N)/N=C(/c1ccccc1)N(C)CC. The molecule has 0 aliphatic heterocycles. The molecule has 2 aromatic carbocycles. The number of allylic oxidation sites excluding steroid dienone is 2. The molecule has 2 aromatic rings. The smallest absolute Gasteiger partial charge is 0.221 e. The van der Waals surface area contributed by atoms with E-state index in [0.717, 1.165) is 35.6 Å². The lowest BCUT2D eigenvalue weighted by Gasteiger charge is -2.20. The normalized spacial score (nSPS) is 11.6. The van der Waals surface area contributed by atoms with Crippen LogP contribution in [0, 0.1) is 5.41 Å². The fraction of sp³-hybridized carbons (Fsp3) is 0.238. The van der Waals surface area contributed by atoms with Gasteiger partial charge in [-0.05, 0) is 31.9 Å². The summed E-state index contributed by atoms with van der Waals surface area (Å²) in [6, 6.07) is 18.0. The Morgan fingerprint density at radius 2 is 1.80 bits per heavy atom. The number of para-hydroxylation sites is 1. The van der Waals surface area contributed by atoms with Crippen molar-refractivity contribution in [2.24, 2.45) is 4.99 Å². The maximum atomic E-state index is 8.30. The third kappa shape index (κ3) is 5.31. The number of anilines is 1. The number of aliphatic imine (C=N–C) groups is 1. The number of rotatable bonds is 5. The highest BCUT2D eigenvalue weighted by atomic mass is 15.2. The van der Waals surface area contributed by atoms with Gasteiger partial charge < -0.3 is 10.2 Å². The number of hydrogen-bond acceptors (Lipinski definition) is 1. The number of amidine groups is 1. The van der Waals surface area contributed by atoms with Crippen molar-refractivity contribution in [2.75, 3.05) is 18.9 Å². The summed E-state index contributed by atoms with van der Waals surface area (Å²) in [5, 5.41) is 11.4. The molecule has 0 saturated heterocycles. The molecule has 2 N–H and O–H groups in total. The van der Waals surface area contributed by atoms with Crippen LogP contribution in [0.5, 0.6) is 0 Å². The molecule has 0 atom stereocenters. The van der Waals surface area contributed by atoms with Gasteiger partial charge in [-0.15, -0.1) is 0 Å². The summed E-state index contributed by atoms with van der Waals surface area (Å²) < 4.78 is 0. The first kappa shape index (κ1) is 18.5. The highest BCUT2D eigenvalue weighted by molar-refractivity contribution is 6.08. The first-order valence-corrected chi connectivity index (χ1v) is 8.55. The molecular weight excluding hydrogens is 308 g/mol. The van der Waals surface area contributed by atoms with Gasteiger partial charge in [0.25, 0.3) is 0 Å². The summed E-state index contributed by atoms with van der Waals surface area (Å²) >= 11 is 0. The second kappa shape index (κ2) is 9.42. The predicted molar refractivity (Wildman–Crippen MR) is 108 cm³/mol. The summed E-state index contributed by atoms with van der Waals surface area (Å²) in [4.78, 5) is 6.57. The average Bonchev–Trinajstić information content (AvgIpc) is 2.65. The Labute approximate surface area is 150 Å². The van der Waals surface area contributed by atoms with Gasteiger partial charge in [-0.1, -0.05) is 60.7 Å². The van der Waals surface area contributed by atoms with Crippen LogP contribution in [-0.4, -0.2) is 30.3 Å². The van der Waals surface area contributed by atoms with Gasteiger partial charge in [0.1, 0.15) is 5.84 Å². The van der Waals surface area contributed by atoms with E-state index >= 15 is 0 Å². The van der Waals surface area contributed by atoms with Crippen molar-refractivity contribution in [3.05, 3.63) is 77.9 Å². The van der Waals surface area contributed by atoms with Gasteiger partial charge in [0.2, 0.25) is 5.96 Å². The summed E-state index contributed by atoms with van der Waals surface area (Å²) in [6.07, 6.45) is 4.97. The number of nitrogens with one attached hydrogen (secondary N) is 2. The Bertz CT molecular complexity index is 748. The predicted octanol–water partition coefficient (Wildman–Crippen LogP) is 4.55. The van der Waals surface area contributed by atoms with Crippen LogP contribution in [0.1, 0.15) is 25.0 Å². The van der Waals surface area contributed by atoms with Gasteiger partial charge in [-0.3, -0.25) is 5.41 Å². The Morgan fingerprint density at radius 1 is 1.12 bits per heavy atom. The van der Waals surface area contributed by atoms with Crippen LogP contribution >= 0.6 is 0 Å². The minimum Gasteiger partial charge on any atom is -0.359 e. The molecule has 0 fully saturated rings. The lowest BCUT2D eigenvalue weighted by atomic mass is 10.1. The number of nitrogens with zero attached hydrogens (tertiary/aromatic N) is 2. The zero-order valence-corrected chi connectivity index (χ0v) is 15.2. The van der Waals surface area contributed by atoms with Crippen LogP contribution in [0.3, 0.4) is 0 Å². The third-order valence-electron chi connectivity index (χ3n) is 3.93. The Hall–Kier alpha value is -2.88. The van der Waals surface area contributed by atoms with Gasteiger partial charge in [0.05, 0.1) is 0 Å². The van der Waals surface area contributed by atoms with Gasteiger partial charge in [0.15, 0.2) is 0 Å². The first-order valence-electron chi connectivity index (χ1n) is 8.55. The van der Waals surface area contributed by atoms with E-state index in [1.165, 1.54) is 0 Å². The van der Waals surface area contributed by atoms with Gasteiger partial charge >= 0.3 is 0 Å². The molecule has 130 valence electrons. The molecule has 0 saturated carbocycles. The molecule has 0 unspecified atom stereocenters. The van der Waals surface area contributed by atoms with E-state index in [2.05, 4.69) is 29.4 Å². The van der Waals surface area contributed by atoms with Crippen molar-refractivity contribution in [1.82, 2.24) is 4.90 Å². The molecule has 0 aromatic heterocycles. The van der Waals surface area contributed by atoms with Crippen LogP contribution in [-0.2, 0) is 6.42 Å². The Kier molecular flexibility index (Phi) is 6.96. The van der Waals surface area contributed by atoms with Crippen LogP contribution in [0.4, 0.5) is 5.69 Å². The third-order valence-corrected chi connectivity index (χ3v) is 3.93. The highest BCUT2D eigenvalue weighted by Crippen LogP contribution is 2.16. The van der Waals surface area contributed by atoms with Crippen molar-refractivity contribution >= 4 is 17.5 Å².